The Morgan fingerprint density at radius 3 is 2.23 bits per heavy atom. The van der Waals surface area contributed by atoms with E-state index >= 15 is 0 Å². The summed E-state index contributed by atoms with van der Waals surface area (Å²) in [5.41, 5.74) is 9.98. The first-order valence-electron chi connectivity index (χ1n) is 13.0. The van der Waals surface area contributed by atoms with Gasteiger partial charge in [-0.15, -0.1) is 0 Å². The van der Waals surface area contributed by atoms with Gasteiger partial charge in [-0.2, -0.15) is 0 Å². The molecule has 10 nitrogen and oxygen atoms in total. The molecule has 2 aromatic carbocycles. The van der Waals surface area contributed by atoms with Gasteiger partial charge in [0.15, 0.2) is 15.9 Å². The van der Waals surface area contributed by atoms with E-state index in [1.807, 2.05) is 45.0 Å². The lowest BCUT2D eigenvalue weighted by atomic mass is 9.81. The zero-order valence-corrected chi connectivity index (χ0v) is 24.3. The lowest BCUT2D eigenvalue weighted by Gasteiger charge is -2.37. The van der Waals surface area contributed by atoms with Crippen LogP contribution in [0, 0.1) is 5.41 Å². The Balaban J connectivity index is 1.53. The number of nitrogens with two attached hydrogens (primary N) is 1. The van der Waals surface area contributed by atoms with Crippen molar-refractivity contribution in [3.63, 3.8) is 0 Å². The summed E-state index contributed by atoms with van der Waals surface area (Å²) in [5.74, 6) is 0.226. The smallest absolute Gasteiger partial charge is 0.407 e. The Labute approximate surface area is 234 Å². The van der Waals surface area contributed by atoms with Crippen molar-refractivity contribution in [1.29, 1.82) is 0 Å². The van der Waals surface area contributed by atoms with Crippen LogP contribution in [-0.2, 0) is 14.7 Å². The predicted molar refractivity (Wildman–Crippen MR) is 154 cm³/mol. The normalized spacial score (nSPS) is 16.4. The number of hydrogen-bond acceptors (Lipinski definition) is 8. The molecule has 3 aromatic rings. The minimum absolute atomic E-state index is 0.226. The second kappa shape index (κ2) is 10.9. The second-order valence-electron chi connectivity index (χ2n) is 11.3. The maximum Gasteiger partial charge on any atom is 0.407 e. The molecule has 40 heavy (non-hydrogen) atoms. The molecular weight excluding hydrogens is 530 g/mol. The van der Waals surface area contributed by atoms with Gasteiger partial charge in [-0.3, -0.25) is 0 Å². The van der Waals surface area contributed by atoms with Crippen molar-refractivity contribution in [3.8, 4) is 11.3 Å². The molecule has 0 saturated carbocycles. The highest BCUT2D eigenvalue weighted by molar-refractivity contribution is 7.92. The van der Waals surface area contributed by atoms with E-state index in [1.54, 1.807) is 51.4 Å². The maximum absolute atomic E-state index is 12.5. The summed E-state index contributed by atoms with van der Waals surface area (Å²) in [6, 6.07) is 13.9. The van der Waals surface area contributed by atoms with Gasteiger partial charge in [0, 0.05) is 19.0 Å². The summed E-state index contributed by atoms with van der Waals surface area (Å²) in [4.78, 5) is 27.9. The minimum atomic E-state index is -3.38. The molecule has 1 aliphatic rings. The van der Waals surface area contributed by atoms with Crippen LogP contribution in [0.15, 0.2) is 64.8 Å². The molecule has 3 N–H and O–H groups in total. The number of carbonyl (C=O) groups is 1. The average molecular weight is 566 g/mol. The molecule has 0 radical (unpaired) electrons. The first-order chi connectivity index (χ1) is 18.7. The number of hydrogen-bond donors (Lipinski definition) is 2. The van der Waals surface area contributed by atoms with Gasteiger partial charge in [0.25, 0.3) is 0 Å². The van der Waals surface area contributed by atoms with Gasteiger partial charge < -0.3 is 20.6 Å². The van der Waals surface area contributed by atoms with Crippen molar-refractivity contribution in [2.24, 2.45) is 10.6 Å². The second-order valence-corrected chi connectivity index (χ2v) is 13.8. The highest BCUT2D eigenvalue weighted by atomic mass is 32.2. The Hall–Kier alpha value is -3.99. The van der Waals surface area contributed by atoms with Crippen LogP contribution in [0.25, 0.3) is 11.3 Å². The number of aromatic nitrogens is 2. The summed E-state index contributed by atoms with van der Waals surface area (Å²) in [6.07, 6.45) is 0.436. The third-order valence-electron chi connectivity index (χ3n) is 6.97. The fourth-order valence-corrected chi connectivity index (χ4v) is 5.90. The van der Waals surface area contributed by atoms with E-state index in [9.17, 15) is 18.3 Å². The Bertz CT molecular complexity index is 1530. The number of carboxylic acid groups (broad SMARTS) is 1. The minimum Gasteiger partial charge on any atom is -0.465 e. The Morgan fingerprint density at radius 2 is 1.68 bits per heavy atom. The monoisotopic (exact) mass is 565 g/mol. The van der Waals surface area contributed by atoms with Gasteiger partial charge in [-0.05, 0) is 42.5 Å². The first-order valence-corrected chi connectivity index (χ1v) is 14.5. The van der Waals surface area contributed by atoms with E-state index < -0.39 is 27.3 Å². The van der Waals surface area contributed by atoms with Gasteiger partial charge in [-0.25, -0.2) is 23.2 Å². The molecule has 0 fully saturated rings. The van der Waals surface area contributed by atoms with Crippen LogP contribution in [0.2, 0.25) is 0 Å². The molecule has 0 aliphatic carbocycles. The van der Waals surface area contributed by atoms with Crippen molar-refractivity contribution in [2.45, 2.75) is 63.3 Å². The van der Waals surface area contributed by atoms with E-state index in [4.69, 9.17) is 10.6 Å². The molecule has 0 spiro atoms. The quantitative estimate of drug-likeness (QED) is 0.383. The predicted octanol–water partition coefficient (Wildman–Crippen LogP) is 5.47. The zero-order chi connectivity index (χ0) is 29.4. The zero-order valence-electron chi connectivity index (χ0n) is 23.5. The molecule has 1 amide bonds. The van der Waals surface area contributed by atoms with E-state index in [2.05, 4.69) is 15.1 Å². The van der Waals surface area contributed by atoms with Crippen LogP contribution in [0.5, 0.6) is 0 Å². The summed E-state index contributed by atoms with van der Waals surface area (Å²) < 4.78 is 24.9. The third-order valence-corrected chi connectivity index (χ3v) is 9.14. The van der Waals surface area contributed by atoms with Crippen LogP contribution in [0.1, 0.15) is 70.0 Å². The Kier molecular flexibility index (Phi) is 7.89. The number of amides is 1. The maximum atomic E-state index is 12.5. The molecule has 4 rings (SSSR count). The van der Waals surface area contributed by atoms with Gasteiger partial charge in [0.2, 0.25) is 0 Å². The molecule has 1 aliphatic heterocycles. The third kappa shape index (κ3) is 5.79. The van der Waals surface area contributed by atoms with E-state index in [0.29, 0.717) is 29.1 Å². The van der Waals surface area contributed by atoms with Crippen molar-refractivity contribution in [3.05, 3.63) is 71.5 Å². The van der Waals surface area contributed by atoms with Gasteiger partial charge >= 0.3 is 6.09 Å². The van der Waals surface area contributed by atoms with Gasteiger partial charge in [-0.1, -0.05) is 62.3 Å². The summed E-state index contributed by atoms with van der Waals surface area (Å²) in [7, 11) is -1.80. The van der Waals surface area contributed by atoms with Gasteiger partial charge in [0.1, 0.15) is 11.5 Å². The summed E-state index contributed by atoms with van der Waals surface area (Å²) >= 11 is 0. The van der Waals surface area contributed by atoms with Crippen molar-refractivity contribution < 1.29 is 23.2 Å². The topological polar surface area (TPSA) is 148 Å². The van der Waals surface area contributed by atoms with Crippen molar-refractivity contribution in [2.75, 3.05) is 12.8 Å². The summed E-state index contributed by atoms with van der Waals surface area (Å²) in [5, 5.41) is 13.3. The standard InChI is InChI=1S/C29H35N5O5S/c1-17(2)40(37,38)21-13-11-19(12-14-21)23-16-31-27(30)25(32-23)24-15-22(33-39-24)18-7-9-20(10-8-18)26(29(3,4)5)34(6)28(35)36/h7-14,16-17,24,26H,15H2,1-6H3,(H2,30,31)(H,35,36). The largest absolute Gasteiger partial charge is 0.465 e. The van der Waals surface area contributed by atoms with E-state index in [-0.39, 0.29) is 22.2 Å². The highest BCUT2D eigenvalue weighted by Crippen LogP contribution is 2.38. The molecule has 2 unspecified atom stereocenters. The molecule has 0 saturated heterocycles. The number of anilines is 1. The number of nitrogens with zero attached hydrogens (tertiary/aromatic N) is 4. The van der Waals surface area contributed by atoms with Gasteiger partial charge in [0.05, 0.1) is 33.8 Å². The average Bonchev–Trinajstić information content (AvgIpc) is 3.38. The van der Waals surface area contributed by atoms with Crippen LogP contribution in [-0.4, -0.2) is 52.5 Å². The molecule has 2 atom stereocenters. The molecule has 1 aromatic heterocycles. The first kappa shape index (κ1) is 29.0. The SMILES string of the molecule is CC(C)S(=O)(=O)c1ccc(-c2cnc(N)c(C3CC(c4ccc(C(N(C)C(=O)O)C(C)(C)C)cc4)=NO3)n2)cc1. The molecule has 212 valence electrons. The number of nitrogen functional groups attached to an aromatic ring is 1. The van der Waals surface area contributed by atoms with Crippen molar-refractivity contribution >= 4 is 27.5 Å². The number of benzene rings is 2. The molecule has 2 heterocycles. The fraction of sp³-hybridized carbons (Fsp3) is 0.379. The van der Waals surface area contributed by atoms with E-state index in [0.717, 1.165) is 11.1 Å². The summed E-state index contributed by atoms with van der Waals surface area (Å²) in [6.45, 7) is 9.31. The van der Waals surface area contributed by atoms with Crippen LogP contribution in [0.3, 0.4) is 0 Å². The molecule has 0 bridgehead atoms. The number of oxime groups is 1. The number of sulfone groups is 1. The molecule has 11 heteroatoms. The van der Waals surface area contributed by atoms with Crippen LogP contribution in [0.4, 0.5) is 10.6 Å². The van der Waals surface area contributed by atoms with Crippen molar-refractivity contribution in [1.82, 2.24) is 14.9 Å². The van der Waals surface area contributed by atoms with E-state index in [1.165, 1.54) is 4.90 Å². The lowest BCUT2D eigenvalue weighted by Crippen LogP contribution is -2.37. The highest BCUT2D eigenvalue weighted by Gasteiger charge is 2.33. The lowest BCUT2D eigenvalue weighted by molar-refractivity contribution is 0.0830. The molecular formula is C29H35N5O5S. The van der Waals surface area contributed by atoms with Crippen LogP contribution < -0.4 is 5.73 Å². The fourth-order valence-electron chi connectivity index (χ4n) is 4.84. The Morgan fingerprint density at radius 1 is 1.07 bits per heavy atom. The number of rotatable bonds is 7. The van der Waals surface area contributed by atoms with Crippen LogP contribution >= 0.6 is 0 Å².